The zero-order valence-electron chi connectivity index (χ0n) is 8.10. The summed E-state index contributed by atoms with van der Waals surface area (Å²) >= 11 is 0. The summed E-state index contributed by atoms with van der Waals surface area (Å²) in [6.07, 6.45) is 3.62. The van der Waals surface area contributed by atoms with E-state index in [0.29, 0.717) is 12.2 Å². The summed E-state index contributed by atoms with van der Waals surface area (Å²) in [6, 6.07) is 0. The highest BCUT2D eigenvalue weighted by atomic mass is 16.6. The first-order chi connectivity index (χ1) is 7.27. The van der Waals surface area contributed by atoms with E-state index >= 15 is 0 Å². The molecule has 0 bridgehead atoms. The standard InChI is InChI=1S/C8H12N4O3/c13-12(14)8-7(5-10-11-8)9-4-6-2-1-3-15-6/h5-6,9H,1-4H2,(H,10,11). The van der Waals surface area contributed by atoms with E-state index in [4.69, 9.17) is 4.74 Å². The third-order valence-corrected chi connectivity index (χ3v) is 2.35. The third-order valence-electron chi connectivity index (χ3n) is 2.35. The van der Waals surface area contributed by atoms with Gasteiger partial charge < -0.3 is 20.2 Å². The number of aromatic nitrogens is 2. The second kappa shape index (κ2) is 4.26. The van der Waals surface area contributed by atoms with Crippen molar-refractivity contribution in [2.24, 2.45) is 0 Å². The van der Waals surface area contributed by atoms with E-state index in [1.54, 1.807) is 0 Å². The van der Waals surface area contributed by atoms with Crippen LogP contribution < -0.4 is 5.32 Å². The predicted octanol–water partition coefficient (Wildman–Crippen LogP) is 0.909. The van der Waals surface area contributed by atoms with Gasteiger partial charge in [-0.1, -0.05) is 5.10 Å². The summed E-state index contributed by atoms with van der Waals surface area (Å²) in [4.78, 5) is 10.0. The van der Waals surface area contributed by atoms with Gasteiger partial charge in [-0.3, -0.25) is 0 Å². The Morgan fingerprint density at radius 1 is 1.80 bits per heavy atom. The van der Waals surface area contributed by atoms with Crippen LogP contribution in [0.15, 0.2) is 6.20 Å². The lowest BCUT2D eigenvalue weighted by atomic mass is 10.2. The smallest absolute Gasteiger partial charge is 0.366 e. The van der Waals surface area contributed by atoms with Crippen LogP contribution in [0.25, 0.3) is 0 Å². The summed E-state index contributed by atoms with van der Waals surface area (Å²) in [5, 5.41) is 19.4. The van der Waals surface area contributed by atoms with Gasteiger partial charge in [-0.25, -0.2) is 0 Å². The van der Waals surface area contributed by atoms with Crippen molar-refractivity contribution in [3.8, 4) is 0 Å². The number of rotatable bonds is 4. The van der Waals surface area contributed by atoms with Crippen LogP contribution in [0.4, 0.5) is 11.5 Å². The van der Waals surface area contributed by atoms with Gasteiger partial charge in [-0.2, -0.15) is 0 Å². The molecule has 2 rings (SSSR count). The molecule has 1 atom stereocenters. The quantitative estimate of drug-likeness (QED) is 0.571. The molecule has 2 N–H and O–H groups in total. The Balaban J connectivity index is 1.92. The van der Waals surface area contributed by atoms with Gasteiger partial charge in [-0.15, -0.1) is 5.10 Å². The number of nitrogens with one attached hydrogen (secondary N) is 2. The van der Waals surface area contributed by atoms with Crippen LogP contribution in [0.2, 0.25) is 0 Å². The molecule has 2 heterocycles. The zero-order valence-corrected chi connectivity index (χ0v) is 8.10. The number of anilines is 1. The monoisotopic (exact) mass is 212 g/mol. The lowest BCUT2D eigenvalue weighted by Crippen LogP contribution is -2.18. The Morgan fingerprint density at radius 2 is 2.67 bits per heavy atom. The molecular weight excluding hydrogens is 200 g/mol. The van der Waals surface area contributed by atoms with Crippen molar-refractivity contribution in [1.82, 2.24) is 10.2 Å². The van der Waals surface area contributed by atoms with Gasteiger partial charge in [0.25, 0.3) is 0 Å². The molecule has 1 aliphatic heterocycles. The molecule has 1 aliphatic rings. The molecule has 0 amide bonds. The molecule has 15 heavy (non-hydrogen) atoms. The van der Waals surface area contributed by atoms with Crippen molar-refractivity contribution in [3.63, 3.8) is 0 Å². The molecule has 0 saturated carbocycles. The average molecular weight is 212 g/mol. The van der Waals surface area contributed by atoms with Crippen molar-refractivity contribution in [2.75, 3.05) is 18.5 Å². The second-order valence-electron chi connectivity index (χ2n) is 3.41. The number of H-pyrrole nitrogens is 1. The summed E-state index contributed by atoms with van der Waals surface area (Å²) in [6.45, 7) is 1.36. The van der Waals surface area contributed by atoms with Crippen LogP contribution in [0.5, 0.6) is 0 Å². The predicted molar refractivity (Wildman–Crippen MR) is 52.7 cm³/mol. The fourth-order valence-corrected chi connectivity index (χ4v) is 1.58. The fourth-order valence-electron chi connectivity index (χ4n) is 1.58. The Labute approximate surface area is 86.0 Å². The highest BCUT2D eigenvalue weighted by molar-refractivity contribution is 5.55. The maximum atomic E-state index is 10.5. The van der Waals surface area contributed by atoms with E-state index in [1.165, 1.54) is 6.20 Å². The molecule has 0 spiro atoms. The van der Waals surface area contributed by atoms with Crippen LogP contribution in [-0.4, -0.2) is 34.4 Å². The minimum Gasteiger partial charge on any atom is -0.376 e. The van der Waals surface area contributed by atoms with Crippen molar-refractivity contribution < 1.29 is 9.66 Å². The summed E-state index contributed by atoms with van der Waals surface area (Å²) < 4.78 is 5.39. The molecule has 7 nitrogen and oxygen atoms in total. The lowest BCUT2D eigenvalue weighted by Gasteiger charge is -2.09. The van der Waals surface area contributed by atoms with Gasteiger partial charge in [0, 0.05) is 13.2 Å². The van der Waals surface area contributed by atoms with Crippen molar-refractivity contribution >= 4 is 11.5 Å². The second-order valence-corrected chi connectivity index (χ2v) is 3.41. The molecule has 0 aromatic carbocycles. The number of hydrogen-bond donors (Lipinski definition) is 2. The van der Waals surface area contributed by atoms with Gasteiger partial charge >= 0.3 is 5.82 Å². The van der Waals surface area contributed by atoms with Crippen LogP contribution in [0.1, 0.15) is 12.8 Å². The number of ether oxygens (including phenoxy) is 1. The minimum absolute atomic E-state index is 0.104. The maximum Gasteiger partial charge on any atom is 0.366 e. The number of aromatic amines is 1. The molecule has 0 radical (unpaired) electrons. The molecular formula is C8H12N4O3. The number of nitrogens with zero attached hydrogens (tertiary/aromatic N) is 2. The lowest BCUT2D eigenvalue weighted by molar-refractivity contribution is -0.388. The first-order valence-electron chi connectivity index (χ1n) is 4.80. The average Bonchev–Trinajstić information content (AvgIpc) is 2.86. The molecule has 0 aliphatic carbocycles. The van der Waals surface area contributed by atoms with Crippen molar-refractivity contribution in [2.45, 2.75) is 18.9 Å². The fraction of sp³-hybridized carbons (Fsp3) is 0.625. The van der Waals surface area contributed by atoms with Gasteiger partial charge in [0.15, 0.2) is 5.69 Å². The first kappa shape index (κ1) is 9.91. The Bertz CT molecular complexity index is 345. The van der Waals surface area contributed by atoms with Crippen LogP contribution in [0.3, 0.4) is 0 Å². The summed E-state index contributed by atoms with van der Waals surface area (Å²) in [5.41, 5.74) is 0.413. The van der Waals surface area contributed by atoms with Gasteiger partial charge in [0.05, 0.1) is 6.10 Å². The number of hydrogen-bond acceptors (Lipinski definition) is 5. The van der Waals surface area contributed by atoms with E-state index in [2.05, 4.69) is 15.5 Å². The van der Waals surface area contributed by atoms with Crippen molar-refractivity contribution in [1.29, 1.82) is 0 Å². The molecule has 1 fully saturated rings. The Kier molecular flexibility index (Phi) is 2.82. The molecule has 1 saturated heterocycles. The van der Waals surface area contributed by atoms with E-state index in [0.717, 1.165) is 19.4 Å². The Morgan fingerprint density at radius 3 is 3.33 bits per heavy atom. The van der Waals surface area contributed by atoms with Crippen LogP contribution in [-0.2, 0) is 4.74 Å². The SMILES string of the molecule is O=[N+]([O-])c1[nH]ncc1NCC1CCCO1. The molecule has 1 aromatic rings. The van der Waals surface area contributed by atoms with Gasteiger partial charge in [0.2, 0.25) is 0 Å². The first-order valence-corrected chi connectivity index (χ1v) is 4.80. The number of nitro groups is 1. The summed E-state index contributed by atoms with van der Waals surface area (Å²) in [5.74, 6) is -0.104. The third kappa shape index (κ3) is 2.24. The Hall–Kier alpha value is -1.63. The van der Waals surface area contributed by atoms with E-state index in [-0.39, 0.29) is 11.9 Å². The maximum absolute atomic E-state index is 10.5. The molecule has 7 heteroatoms. The largest absolute Gasteiger partial charge is 0.376 e. The normalized spacial score (nSPS) is 20.4. The topological polar surface area (TPSA) is 93.1 Å². The highest BCUT2D eigenvalue weighted by Gasteiger charge is 2.18. The van der Waals surface area contributed by atoms with Crippen LogP contribution in [0, 0.1) is 10.1 Å². The zero-order chi connectivity index (χ0) is 10.7. The van der Waals surface area contributed by atoms with Crippen molar-refractivity contribution in [3.05, 3.63) is 16.3 Å². The molecule has 1 aromatic heterocycles. The molecule has 82 valence electrons. The minimum atomic E-state index is -0.495. The molecule has 1 unspecified atom stereocenters. The van der Waals surface area contributed by atoms with Gasteiger partial charge in [0.1, 0.15) is 6.20 Å². The van der Waals surface area contributed by atoms with E-state index < -0.39 is 4.92 Å². The summed E-state index contributed by atoms with van der Waals surface area (Å²) in [7, 11) is 0. The van der Waals surface area contributed by atoms with E-state index in [9.17, 15) is 10.1 Å². The van der Waals surface area contributed by atoms with Gasteiger partial charge in [-0.05, 0) is 17.8 Å². The van der Waals surface area contributed by atoms with E-state index in [1.807, 2.05) is 0 Å². The highest BCUT2D eigenvalue weighted by Crippen LogP contribution is 2.20. The van der Waals surface area contributed by atoms with Crippen LogP contribution >= 0.6 is 0 Å².